The predicted octanol–water partition coefficient (Wildman–Crippen LogP) is 2.64. The summed E-state index contributed by atoms with van der Waals surface area (Å²) < 4.78 is 1.84. The molecule has 3 nitrogen and oxygen atoms in total. The van der Waals surface area contributed by atoms with Gasteiger partial charge in [-0.15, -0.1) is 0 Å². The number of aryl methyl sites for hydroxylation is 1. The van der Waals surface area contributed by atoms with Gasteiger partial charge in [0.05, 0.1) is 6.20 Å². The topological polar surface area (TPSA) is 43.8 Å². The van der Waals surface area contributed by atoms with E-state index in [1.54, 1.807) is 0 Å². The lowest BCUT2D eigenvalue weighted by Gasteiger charge is -2.31. The fraction of sp³-hybridized carbons (Fsp3) is 0.769. The first-order valence-electron chi connectivity index (χ1n) is 6.44. The van der Waals surface area contributed by atoms with Gasteiger partial charge in [-0.25, -0.2) is 0 Å². The van der Waals surface area contributed by atoms with Gasteiger partial charge in [-0.2, -0.15) is 5.10 Å². The summed E-state index contributed by atoms with van der Waals surface area (Å²) in [5, 5.41) is 4.20. The monoisotopic (exact) mass is 221 g/mol. The SMILES string of the molecule is CCC1CCC(C(N)c2cnn(C)c2)CC1. The fourth-order valence-electron chi connectivity index (χ4n) is 2.84. The minimum atomic E-state index is 0.187. The van der Waals surface area contributed by atoms with Crippen LogP contribution < -0.4 is 5.73 Å². The molecule has 1 aliphatic carbocycles. The molecule has 90 valence electrons. The predicted molar refractivity (Wildman–Crippen MR) is 65.9 cm³/mol. The Morgan fingerprint density at radius 3 is 2.62 bits per heavy atom. The van der Waals surface area contributed by atoms with E-state index in [9.17, 15) is 0 Å². The van der Waals surface area contributed by atoms with Crippen LogP contribution in [0.5, 0.6) is 0 Å². The van der Waals surface area contributed by atoms with Crippen LogP contribution >= 0.6 is 0 Å². The van der Waals surface area contributed by atoms with Gasteiger partial charge in [-0.3, -0.25) is 4.68 Å². The average molecular weight is 221 g/mol. The van der Waals surface area contributed by atoms with Crippen molar-refractivity contribution in [2.45, 2.75) is 45.1 Å². The standard InChI is InChI=1S/C13H23N3/c1-3-10-4-6-11(7-5-10)13(14)12-8-15-16(2)9-12/h8-11,13H,3-7,14H2,1-2H3. The Hall–Kier alpha value is -0.830. The molecule has 1 saturated carbocycles. The van der Waals surface area contributed by atoms with Crippen molar-refractivity contribution in [3.8, 4) is 0 Å². The molecule has 0 saturated heterocycles. The van der Waals surface area contributed by atoms with E-state index in [0.717, 1.165) is 5.92 Å². The highest BCUT2D eigenvalue weighted by Crippen LogP contribution is 2.36. The molecular formula is C13H23N3. The summed E-state index contributed by atoms with van der Waals surface area (Å²) in [6, 6.07) is 0.187. The number of rotatable bonds is 3. The first kappa shape index (κ1) is 11.6. The van der Waals surface area contributed by atoms with Gasteiger partial charge in [0, 0.05) is 24.8 Å². The highest BCUT2D eigenvalue weighted by atomic mass is 15.2. The molecule has 2 N–H and O–H groups in total. The molecule has 1 aliphatic rings. The van der Waals surface area contributed by atoms with Gasteiger partial charge in [0.25, 0.3) is 0 Å². The maximum absolute atomic E-state index is 6.32. The number of hydrogen-bond donors (Lipinski definition) is 1. The van der Waals surface area contributed by atoms with Gasteiger partial charge in [-0.05, 0) is 24.7 Å². The maximum atomic E-state index is 6.32. The molecule has 1 aromatic rings. The number of hydrogen-bond acceptors (Lipinski definition) is 2. The van der Waals surface area contributed by atoms with Crippen LogP contribution in [-0.2, 0) is 7.05 Å². The molecule has 2 rings (SSSR count). The van der Waals surface area contributed by atoms with E-state index in [1.807, 2.05) is 17.9 Å². The minimum absolute atomic E-state index is 0.187. The van der Waals surface area contributed by atoms with Crippen molar-refractivity contribution in [1.29, 1.82) is 0 Å². The highest BCUT2D eigenvalue weighted by Gasteiger charge is 2.26. The molecule has 0 amide bonds. The van der Waals surface area contributed by atoms with Crippen molar-refractivity contribution >= 4 is 0 Å². The molecule has 1 unspecified atom stereocenters. The third-order valence-electron chi connectivity index (χ3n) is 4.09. The Kier molecular flexibility index (Phi) is 3.64. The minimum Gasteiger partial charge on any atom is -0.324 e. The van der Waals surface area contributed by atoms with E-state index in [-0.39, 0.29) is 6.04 Å². The quantitative estimate of drug-likeness (QED) is 0.852. The van der Waals surface area contributed by atoms with Crippen LogP contribution in [-0.4, -0.2) is 9.78 Å². The number of nitrogens with zero attached hydrogens (tertiary/aromatic N) is 2. The molecule has 0 radical (unpaired) electrons. The maximum Gasteiger partial charge on any atom is 0.0537 e. The Morgan fingerprint density at radius 2 is 2.12 bits per heavy atom. The molecule has 0 aliphatic heterocycles. The normalized spacial score (nSPS) is 27.9. The zero-order valence-electron chi connectivity index (χ0n) is 10.4. The molecule has 0 spiro atoms. The van der Waals surface area contributed by atoms with Crippen LogP contribution in [0.4, 0.5) is 0 Å². The molecule has 3 heteroatoms. The van der Waals surface area contributed by atoms with Crippen LogP contribution in [0.15, 0.2) is 12.4 Å². The highest BCUT2D eigenvalue weighted by molar-refractivity contribution is 5.11. The van der Waals surface area contributed by atoms with Crippen molar-refractivity contribution < 1.29 is 0 Å². The zero-order chi connectivity index (χ0) is 11.5. The zero-order valence-corrected chi connectivity index (χ0v) is 10.4. The Bertz CT molecular complexity index is 324. The van der Waals surface area contributed by atoms with Crippen LogP contribution in [0.2, 0.25) is 0 Å². The van der Waals surface area contributed by atoms with E-state index in [4.69, 9.17) is 5.73 Å². The largest absolute Gasteiger partial charge is 0.324 e. The van der Waals surface area contributed by atoms with Gasteiger partial charge >= 0.3 is 0 Å². The Balaban J connectivity index is 1.93. The van der Waals surface area contributed by atoms with E-state index >= 15 is 0 Å². The summed E-state index contributed by atoms with van der Waals surface area (Å²) in [4.78, 5) is 0. The smallest absolute Gasteiger partial charge is 0.0537 e. The molecule has 1 fully saturated rings. The van der Waals surface area contributed by atoms with Crippen LogP contribution in [0.1, 0.15) is 50.6 Å². The summed E-state index contributed by atoms with van der Waals surface area (Å²) in [6.45, 7) is 2.30. The Morgan fingerprint density at radius 1 is 1.44 bits per heavy atom. The van der Waals surface area contributed by atoms with Gasteiger partial charge in [0.1, 0.15) is 0 Å². The summed E-state index contributed by atoms with van der Waals surface area (Å²) in [5.74, 6) is 1.60. The first-order valence-corrected chi connectivity index (χ1v) is 6.44. The van der Waals surface area contributed by atoms with Crippen LogP contribution in [0.3, 0.4) is 0 Å². The lowest BCUT2D eigenvalue weighted by Crippen LogP contribution is -2.25. The number of aromatic nitrogens is 2. The Labute approximate surface area is 98.0 Å². The lowest BCUT2D eigenvalue weighted by molar-refractivity contribution is 0.240. The van der Waals surface area contributed by atoms with Crippen LogP contribution in [0, 0.1) is 11.8 Å². The molecule has 1 aromatic heterocycles. The molecule has 16 heavy (non-hydrogen) atoms. The van der Waals surface area contributed by atoms with Crippen molar-refractivity contribution in [3.63, 3.8) is 0 Å². The van der Waals surface area contributed by atoms with Gasteiger partial charge < -0.3 is 5.73 Å². The third-order valence-corrected chi connectivity index (χ3v) is 4.09. The summed E-state index contributed by atoms with van der Waals surface area (Å²) in [7, 11) is 1.95. The molecule has 0 bridgehead atoms. The van der Waals surface area contributed by atoms with Gasteiger partial charge in [0.15, 0.2) is 0 Å². The second-order valence-electron chi connectivity index (χ2n) is 5.16. The van der Waals surface area contributed by atoms with E-state index < -0.39 is 0 Å². The average Bonchev–Trinajstić information content (AvgIpc) is 2.75. The fourth-order valence-corrected chi connectivity index (χ4v) is 2.84. The summed E-state index contributed by atoms with van der Waals surface area (Å²) in [6.07, 6.45) is 10.6. The van der Waals surface area contributed by atoms with E-state index in [0.29, 0.717) is 5.92 Å². The molecular weight excluding hydrogens is 198 g/mol. The van der Waals surface area contributed by atoms with Crippen molar-refractivity contribution in [3.05, 3.63) is 18.0 Å². The van der Waals surface area contributed by atoms with Crippen molar-refractivity contribution in [2.75, 3.05) is 0 Å². The van der Waals surface area contributed by atoms with Crippen LogP contribution in [0.25, 0.3) is 0 Å². The third kappa shape index (κ3) is 2.46. The number of nitrogens with two attached hydrogens (primary N) is 1. The van der Waals surface area contributed by atoms with E-state index in [1.165, 1.54) is 37.7 Å². The second kappa shape index (κ2) is 5.00. The van der Waals surface area contributed by atoms with Gasteiger partial charge in [0.2, 0.25) is 0 Å². The summed E-state index contributed by atoms with van der Waals surface area (Å²) in [5.41, 5.74) is 7.51. The van der Waals surface area contributed by atoms with Crippen molar-refractivity contribution in [2.24, 2.45) is 24.6 Å². The van der Waals surface area contributed by atoms with Gasteiger partial charge in [-0.1, -0.05) is 26.2 Å². The molecule has 1 heterocycles. The molecule has 1 atom stereocenters. The summed E-state index contributed by atoms with van der Waals surface area (Å²) >= 11 is 0. The first-order chi connectivity index (χ1) is 7.70. The lowest BCUT2D eigenvalue weighted by atomic mass is 9.77. The van der Waals surface area contributed by atoms with Crippen molar-refractivity contribution in [1.82, 2.24) is 9.78 Å². The molecule has 0 aromatic carbocycles. The van der Waals surface area contributed by atoms with E-state index in [2.05, 4.69) is 18.2 Å². The second-order valence-corrected chi connectivity index (χ2v) is 5.16.